The second-order valence-corrected chi connectivity index (χ2v) is 5.92. The van der Waals surface area contributed by atoms with Gasteiger partial charge >= 0.3 is 5.97 Å². The molecule has 0 amide bonds. The van der Waals surface area contributed by atoms with Gasteiger partial charge in [0.15, 0.2) is 5.65 Å². The molecule has 3 heterocycles. The van der Waals surface area contributed by atoms with Crippen molar-refractivity contribution < 1.29 is 9.90 Å². The van der Waals surface area contributed by atoms with E-state index in [4.69, 9.17) is 0 Å². The topological polar surface area (TPSA) is 80.9 Å². The number of aliphatic carboxylic acids is 1. The number of pyridine rings is 2. The Hall–Kier alpha value is -2.76. The van der Waals surface area contributed by atoms with Crippen LogP contribution in [0.2, 0.25) is 0 Å². The van der Waals surface area contributed by atoms with E-state index < -0.39 is 12.0 Å². The highest BCUT2D eigenvalue weighted by molar-refractivity contribution is 5.82. The molecule has 3 aromatic rings. The molecule has 3 aromatic heterocycles. The zero-order valence-electron chi connectivity index (χ0n) is 13.3. The van der Waals surface area contributed by atoms with Crippen LogP contribution in [0.1, 0.15) is 25.5 Å². The number of aromatic nitrogens is 4. The van der Waals surface area contributed by atoms with Crippen LogP contribution in [0.25, 0.3) is 22.6 Å². The fourth-order valence-electron chi connectivity index (χ4n) is 2.74. The first-order valence-corrected chi connectivity index (χ1v) is 7.47. The molecule has 1 atom stereocenters. The van der Waals surface area contributed by atoms with Crippen molar-refractivity contribution in [2.45, 2.75) is 26.8 Å². The van der Waals surface area contributed by atoms with Crippen LogP contribution in [-0.2, 0) is 4.79 Å². The first kappa shape index (κ1) is 15.1. The summed E-state index contributed by atoms with van der Waals surface area (Å²) in [5, 5.41) is 9.71. The van der Waals surface area contributed by atoms with Gasteiger partial charge in [0.1, 0.15) is 17.4 Å². The number of rotatable bonds is 4. The summed E-state index contributed by atoms with van der Waals surface area (Å²) in [6, 6.07) is 4.83. The lowest BCUT2D eigenvalue weighted by atomic mass is 10.0. The first-order chi connectivity index (χ1) is 11.0. The van der Waals surface area contributed by atoms with Crippen LogP contribution >= 0.6 is 0 Å². The Morgan fingerprint density at radius 3 is 2.57 bits per heavy atom. The van der Waals surface area contributed by atoms with Crippen molar-refractivity contribution >= 4 is 17.1 Å². The molecule has 23 heavy (non-hydrogen) atoms. The SMILES string of the molecule is Cc1cnc2c(c1)nc(-c1ccncc1)n2C(C(=O)O)C(C)C. The maximum Gasteiger partial charge on any atom is 0.327 e. The second-order valence-electron chi connectivity index (χ2n) is 5.92. The number of carbonyl (C=O) groups is 1. The Morgan fingerprint density at radius 1 is 1.26 bits per heavy atom. The van der Waals surface area contributed by atoms with E-state index in [2.05, 4.69) is 15.0 Å². The molecule has 1 unspecified atom stereocenters. The highest BCUT2D eigenvalue weighted by Gasteiger charge is 2.29. The minimum absolute atomic E-state index is 0.103. The Morgan fingerprint density at radius 2 is 1.96 bits per heavy atom. The minimum Gasteiger partial charge on any atom is -0.480 e. The average molecular weight is 310 g/mol. The van der Waals surface area contributed by atoms with E-state index in [9.17, 15) is 9.90 Å². The van der Waals surface area contributed by atoms with Crippen LogP contribution in [-0.4, -0.2) is 30.6 Å². The summed E-state index contributed by atoms with van der Waals surface area (Å²) in [5.74, 6) is -0.396. The Balaban J connectivity index is 2.34. The van der Waals surface area contributed by atoms with E-state index in [1.165, 1.54) is 0 Å². The van der Waals surface area contributed by atoms with Crippen molar-refractivity contribution in [3.8, 4) is 11.4 Å². The van der Waals surface area contributed by atoms with Crippen LogP contribution in [0.15, 0.2) is 36.8 Å². The number of fused-ring (bicyclic) bond motifs is 1. The van der Waals surface area contributed by atoms with E-state index in [1.54, 1.807) is 23.2 Å². The van der Waals surface area contributed by atoms with E-state index in [1.807, 2.05) is 39.0 Å². The third kappa shape index (κ3) is 2.67. The molecule has 0 aliphatic heterocycles. The molecule has 0 fully saturated rings. The van der Waals surface area contributed by atoms with Crippen LogP contribution in [0.3, 0.4) is 0 Å². The lowest BCUT2D eigenvalue weighted by molar-refractivity contribution is -0.142. The zero-order valence-corrected chi connectivity index (χ0v) is 13.3. The van der Waals surface area contributed by atoms with Crippen molar-refractivity contribution in [2.75, 3.05) is 0 Å². The minimum atomic E-state index is -0.892. The van der Waals surface area contributed by atoms with Gasteiger partial charge in [-0.05, 0) is 36.6 Å². The third-order valence-corrected chi connectivity index (χ3v) is 3.77. The maximum absolute atomic E-state index is 11.8. The van der Waals surface area contributed by atoms with Crippen molar-refractivity contribution in [1.82, 2.24) is 19.5 Å². The molecule has 6 nitrogen and oxygen atoms in total. The predicted molar refractivity (Wildman–Crippen MR) is 87.0 cm³/mol. The summed E-state index contributed by atoms with van der Waals surface area (Å²) in [6.45, 7) is 5.71. The number of hydrogen-bond donors (Lipinski definition) is 1. The molecule has 118 valence electrons. The van der Waals surface area contributed by atoms with Crippen LogP contribution in [0, 0.1) is 12.8 Å². The standard InChI is InChI=1S/C17H18N4O2/c1-10(2)14(17(22)23)21-15(12-4-6-18-7-5-12)20-13-8-11(3)9-19-16(13)21/h4-10,14H,1-3H3,(H,22,23). The monoisotopic (exact) mass is 310 g/mol. The fraction of sp³-hybridized carbons (Fsp3) is 0.294. The molecule has 3 rings (SSSR count). The maximum atomic E-state index is 11.8. The van der Waals surface area contributed by atoms with E-state index in [0.29, 0.717) is 17.0 Å². The molecule has 0 aliphatic carbocycles. The molecule has 1 N–H and O–H groups in total. The summed E-state index contributed by atoms with van der Waals surface area (Å²) in [6.07, 6.45) is 5.07. The van der Waals surface area contributed by atoms with Crippen molar-refractivity contribution in [3.63, 3.8) is 0 Å². The largest absolute Gasteiger partial charge is 0.480 e. The molecule has 0 saturated carbocycles. The van der Waals surface area contributed by atoms with Crippen LogP contribution in [0.4, 0.5) is 0 Å². The Labute approximate surface area is 133 Å². The highest BCUT2D eigenvalue weighted by atomic mass is 16.4. The van der Waals surface area contributed by atoms with Crippen LogP contribution < -0.4 is 0 Å². The van der Waals surface area contributed by atoms with Crippen molar-refractivity contribution in [2.24, 2.45) is 5.92 Å². The fourth-order valence-corrected chi connectivity index (χ4v) is 2.74. The summed E-state index contributed by atoms with van der Waals surface area (Å²) in [4.78, 5) is 24.9. The van der Waals surface area contributed by atoms with Gasteiger partial charge in [-0.1, -0.05) is 13.8 Å². The summed E-state index contributed by atoms with van der Waals surface area (Å²) in [7, 11) is 0. The highest BCUT2D eigenvalue weighted by Crippen LogP contribution is 2.31. The smallest absolute Gasteiger partial charge is 0.327 e. The lowest BCUT2D eigenvalue weighted by Crippen LogP contribution is -2.25. The lowest BCUT2D eigenvalue weighted by Gasteiger charge is -2.20. The molecule has 0 bridgehead atoms. The average Bonchev–Trinajstić information content (AvgIpc) is 2.86. The van der Waals surface area contributed by atoms with Gasteiger partial charge in [-0.25, -0.2) is 14.8 Å². The number of carboxylic acids is 1. The molecule has 6 heteroatoms. The van der Waals surface area contributed by atoms with Crippen molar-refractivity contribution in [3.05, 3.63) is 42.4 Å². The molecular formula is C17H18N4O2. The Bertz CT molecular complexity index is 856. The van der Waals surface area contributed by atoms with E-state index >= 15 is 0 Å². The summed E-state index contributed by atoms with van der Waals surface area (Å²) < 4.78 is 1.72. The Kier molecular flexibility index (Phi) is 3.82. The molecular weight excluding hydrogens is 292 g/mol. The number of imidazole rings is 1. The number of nitrogens with zero attached hydrogens (tertiary/aromatic N) is 4. The molecule has 0 aromatic carbocycles. The number of carboxylic acid groups (broad SMARTS) is 1. The quantitative estimate of drug-likeness (QED) is 0.801. The molecule has 0 saturated heterocycles. The van der Waals surface area contributed by atoms with Gasteiger partial charge < -0.3 is 5.11 Å². The van der Waals surface area contributed by atoms with Crippen LogP contribution in [0.5, 0.6) is 0 Å². The first-order valence-electron chi connectivity index (χ1n) is 7.47. The normalized spacial score (nSPS) is 12.7. The summed E-state index contributed by atoms with van der Waals surface area (Å²) in [5.41, 5.74) is 3.09. The molecule has 0 spiro atoms. The molecule has 0 aliphatic rings. The van der Waals surface area contributed by atoms with Gasteiger partial charge in [0.2, 0.25) is 0 Å². The van der Waals surface area contributed by atoms with Gasteiger partial charge in [0.05, 0.1) is 0 Å². The van der Waals surface area contributed by atoms with Crippen molar-refractivity contribution in [1.29, 1.82) is 0 Å². The van der Waals surface area contributed by atoms with Gasteiger partial charge in [-0.15, -0.1) is 0 Å². The zero-order chi connectivity index (χ0) is 16.6. The van der Waals surface area contributed by atoms with Gasteiger partial charge in [-0.3, -0.25) is 9.55 Å². The summed E-state index contributed by atoms with van der Waals surface area (Å²) >= 11 is 0. The van der Waals surface area contributed by atoms with E-state index in [-0.39, 0.29) is 5.92 Å². The molecule has 0 radical (unpaired) electrons. The van der Waals surface area contributed by atoms with Gasteiger partial charge in [-0.2, -0.15) is 0 Å². The second kappa shape index (κ2) is 5.79. The van der Waals surface area contributed by atoms with E-state index in [0.717, 1.165) is 11.1 Å². The third-order valence-electron chi connectivity index (χ3n) is 3.77. The van der Waals surface area contributed by atoms with Gasteiger partial charge in [0.25, 0.3) is 0 Å². The van der Waals surface area contributed by atoms with Gasteiger partial charge in [0, 0.05) is 24.2 Å². The number of hydrogen-bond acceptors (Lipinski definition) is 4. The number of aryl methyl sites for hydroxylation is 1. The predicted octanol–water partition coefficient (Wildman–Crippen LogP) is 3.08.